The summed E-state index contributed by atoms with van der Waals surface area (Å²) in [6.45, 7) is 3.22. The van der Waals surface area contributed by atoms with Crippen LogP contribution in [-0.4, -0.2) is 36.2 Å². The van der Waals surface area contributed by atoms with Crippen LogP contribution in [-0.2, 0) is 27.1 Å². The quantitative estimate of drug-likeness (QED) is 0.420. The number of nitrogens with zero attached hydrogens (tertiary/aromatic N) is 2. The normalized spacial score (nSPS) is 14.4. The molecule has 1 unspecified atom stereocenters. The number of aromatic nitrogens is 2. The summed E-state index contributed by atoms with van der Waals surface area (Å²) in [7, 11) is -5.83. The Kier molecular flexibility index (Phi) is 6.02. The van der Waals surface area contributed by atoms with Crippen molar-refractivity contribution in [2.75, 3.05) is 6.54 Å². The zero-order valence-electron chi connectivity index (χ0n) is 14.8. The van der Waals surface area contributed by atoms with Crippen LogP contribution in [0.5, 0.6) is 5.75 Å². The number of aryl methyl sites for hydroxylation is 1. The fourth-order valence-corrected chi connectivity index (χ4v) is 2.66. The van der Waals surface area contributed by atoms with E-state index in [1.165, 1.54) is 0 Å². The zero-order chi connectivity index (χ0) is 21.2. The highest BCUT2D eigenvalue weighted by Crippen LogP contribution is 2.30. The average Bonchev–Trinajstić information content (AvgIpc) is 2.99. The van der Waals surface area contributed by atoms with E-state index >= 15 is 0 Å². The molecule has 1 aromatic carbocycles. The minimum atomic E-state index is -5.83. The Labute approximate surface area is 158 Å². The number of benzene rings is 1. The number of hydrogen-bond donors (Lipinski definition) is 1. The van der Waals surface area contributed by atoms with Gasteiger partial charge in [-0.25, -0.2) is 4.39 Å². The zero-order valence-corrected chi connectivity index (χ0v) is 15.6. The molecular formula is C16H17F4N3O4S. The Bertz CT molecular complexity index is 938. The van der Waals surface area contributed by atoms with E-state index in [0.717, 1.165) is 36.9 Å². The van der Waals surface area contributed by atoms with Crippen molar-refractivity contribution in [2.24, 2.45) is 0 Å². The number of nitrogens with one attached hydrogen (secondary N) is 1. The summed E-state index contributed by atoms with van der Waals surface area (Å²) in [5.74, 6) is -1.62. The Morgan fingerprint density at radius 2 is 1.79 bits per heavy atom. The molecule has 0 saturated heterocycles. The van der Waals surface area contributed by atoms with Crippen LogP contribution in [0.25, 0.3) is 0 Å². The number of alkyl halides is 4. The summed E-state index contributed by atoms with van der Waals surface area (Å²) in [6, 6.07) is 5.37. The van der Waals surface area contributed by atoms with Gasteiger partial charge in [0.25, 0.3) is 5.91 Å². The van der Waals surface area contributed by atoms with E-state index < -0.39 is 33.0 Å². The van der Waals surface area contributed by atoms with Crippen molar-refractivity contribution in [3.63, 3.8) is 0 Å². The predicted molar refractivity (Wildman–Crippen MR) is 90.5 cm³/mol. The van der Waals surface area contributed by atoms with E-state index in [-0.39, 0.29) is 12.1 Å². The molecule has 0 saturated carbocycles. The monoisotopic (exact) mass is 423 g/mol. The van der Waals surface area contributed by atoms with Crippen molar-refractivity contribution >= 4 is 16.0 Å². The molecule has 1 heterocycles. The van der Waals surface area contributed by atoms with Gasteiger partial charge in [-0.05, 0) is 37.6 Å². The molecule has 1 N–H and O–H groups in total. The van der Waals surface area contributed by atoms with E-state index in [1.807, 2.05) is 6.92 Å². The van der Waals surface area contributed by atoms with Gasteiger partial charge in [0.2, 0.25) is 5.67 Å². The minimum Gasteiger partial charge on any atom is -0.376 e. The maximum absolute atomic E-state index is 14.8. The topological polar surface area (TPSA) is 90.3 Å². The lowest BCUT2D eigenvalue weighted by Crippen LogP contribution is -2.40. The standard InChI is InChI=1S/C16H17F4N3O4S/c1-11-7-8-22-23(11)10-9-21-14(24)15(2,17)12-3-5-13(6-4-12)27-28(25,26)16(18,19)20/h3-8H,9-10H2,1-2H3,(H,21,24). The van der Waals surface area contributed by atoms with Gasteiger partial charge in [0.1, 0.15) is 5.75 Å². The van der Waals surface area contributed by atoms with Crippen LogP contribution >= 0.6 is 0 Å². The highest BCUT2D eigenvalue weighted by molar-refractivity contribution is 7.88. The summed E-state index contributed by atoms with van der Waals surface area (Å²) >= 11 is 0. The van der Waals surface area contributed by atoms with Gasteiger partial charge in [-0.3, -0.25) is 9.48 Å². The summed E-state index contributed by atoms with van der Waals surface area (Å²) < 4.78 is 79.2. The molecule has 0 spiro atoms. The van der Waals surface area contributed by atoms with Crippen molar-refractivity contribution in [3.05, 3.63) is 47.8 Å². The first-order valence-corrected chi connectivity index (χ1v) is 9.32. The van der Waals surface area contributed by atoms with Gasteiger partial charge >= 0.3 is 15.6 Å². The molecule has 0 aliphatic carbocycles. The smallest absolute Gasteiger partial charge is 0.376 e. The molecular weight excluding hydrogens is 406 g/mol. The van der Waals surface area contributed by atoms with Gasteiger partial charge in [-0.2, -0.15) is 26.7 Å². The third kappa shape index (κ3) is 4.80. The van der Waals surface area contributed by atoms with Crippen molar-refractivity contribution in [3.8, 4) is 5.75 Å². The van der Waals surface area contributed by atoms with Gasteiger partial charge < -0.3 is 9.50 Å². The Morgan fingerprint density at radius 1 is 1.18 bits per heavy atom. The van der Waals surface area contributed by atoms with Crippen LogP contribution in [0.3, 0.4) is 0 Å². The van der Waals surface area contributed by atoms with Gasteiger partial charge in [-0.15, -0.1) is 0 Å². The molecule has 154 valence electrons. The van der Waals surface area contributed by atoms with Crippen LogP contribution in [0.2, 0.25) is 0 Å². The molecule has 0 fully saturated rings. The average molecular weight is 423 g/mol. The first kappa shape index (κ1) is 21.7. The number of rotatable bonds is 7. The predicted octanol–water partition coefficient (Wildman–Crippen LogP) is 2.42. The second-order valence-corrected chi connectivity index (χ2v) is 7.50. The number of hydrogen-bond acceptors (Lipinski definition) is 5. The number of halogens is 4. The lowest BCUT2D eigenvalue weighted by atomic mass is 9.97. The molecule has 1 aromatic heterocycles. The summed E-state index contributed by atoms with van der Waals surface area (Å²) in [5, 5.41) is 6.43. The summed E-state index contributed by atoms with van der Waals surface area (Å²) in [5.41, 5.74) is -7.41. The number of carbonyl (C=O) groups is 1. The third-order valence-corrected chi connectivity index (χ3v) is 4.83. The first-order chi connectivity index (χ1) is 12.8. The van der Waals surface area contributed by atoms with E-state index in [9.17, 15) is 30.8 Å². The van der Waals surface area contributed by atoms with Gasteiger partial charge in [0, 0.05) is 18.4 Å². The van der Waals surface area contributed by atoms with Gasteiger partial charge in [0.05, 0.1) is 6.54 Å². The number of amides is 1. The molecule has 2 rings (SSSR count). The third-order valence-electron chi connectivity index (χ3n) is 3.85. The molecule has 0 aliphatic rings. The first-order valence-electron chi connectivity index (χ1n) is 7.91. The van der Waals surface area contributed by atoms with Crippen LogP contribution in [0, 0.1) is 6.92 Å². The Morgan fingerprint density at radius 3 is 2.29 bits per heavy atom. The lowest BCUT2D eigenvalue weighted by molar-refractivity contribution is -0.132. The number of carbonyl (C=O) groups excluding carboxylic acids is 1. The fraction of sp³-hybridized carbons (Fsp3) is 0.375. The molecule has 28 heavy (non-hydrogen) atoms. The second-order valence-electron chi connectivity index (χ2n) is 5.96. The molecule has 7 nitrogen and oxygen atoms in total. The van der Waals surface area contributed by atoms with Crippen molar-refractivity contribution < 1.29 is 35.0 Å². The Balaban J connectivity index is 2.02. The molecule has 0 radical (unpaired) electrons. The van der Waals surface area contributed by atoms with Crippen LogP contribution < -0.4 is 9.50 Å². The maximum atomic E-state index is 14.8. The maximum Gasteiger partial charge on any atom is 0.534 e. The highest BCUT2D eigenvalue weighted by Gasteiger charge is 2.48. The lowest BCUT2D eigenvalue weighted by Gasteiger charge is -2.20. The second kappa shape index (κ2) is 7.78. The van der Waals surface area contributed by atoms with Crippen LogP contribution in [0.1, 0.15) is 18.2 Å². The molecule has 1 amide bonds. The molecule has 12 heteroatoms. The molecule has 0 bridgehead atoms. The van der Waals surface area contributed by atoms with Gasteiger partial charge in [0.15, 0.2) is 0 Å². The van der Waals surface area contributed by atoms with E-state index in [1.54, 1.807) is 16.9 Å². The van der Waals surface area contributed by atoms with Gasteiger partial charge in [-0.1, -0.05) is 12.1 Å². The van der Waals surface area contributed by atoms with Crippen LogP contribution in [0.15, 0.2) is 36.5 Å². The van der Waals surface area contributed by atoms with E-state index in [2.05, 4.69) is 14.6 Å². The van der Waals surface area contributed by atoms with Crippen molar-refractivity contribution in [2.45, 2.75) is 31.6 Å². The van der Waals surface area contributed by atoms with Crippen molar-refractivity contribution in [1.82, 2.24) is 15.1 Å². The highest BCUT2D eigenvalue weighted by atomic mass is 32.2. The van der Waals surface area contributed by atoms with Crippen molar-refractivity contribution in [1.29, 1.82) is 0 Å². The molecule has 1 atom stereocenters. The van der Waals surface area contributed by atoms with E-state index in [4.69, 9.17) is 0 Å². The molecule has 0 aliphatic heterocycles. The Hall–Kier alpha value is -2.63. The molecule has 2 aromatic rings. The van der Waals surface area contributed by atoms with Crippen LogP contribution in [0.4, 0.5) is 17.6 Å². The largest absolute Gasteiger partial charge is 0.534 e. The minimum absolute atomic E-state index is 0.103. The summed E-state index contributed by atoms with van der Waals surface area (Å²) in [6.07, 6.45) is 1.58. The fourth-order valence-electron chi connectivity index (χ4n) is 2.20. The van der Waals surface area contributed by atoms with E-state index in [0.29, 0.717) is 6.54 Å². The SMILES string of the molecule is Cc1ccnn1CCNC(=O)C(C)(F)c1ccc(OS(=O)(=O)C(F)(F)F)cc1. The summed E-state index contributed by atoms with van der Waals surface area (Å²) in [4.78, 5) is 12.1.